The molecule has 0 spiro atoms. The molecule has 1 aliphatic heterocycles. The molecule has 1 unspecified atom stereocenters. The molecule has 1 heterocycles. The number of amides is 1. The summed E-state index contributed by atoms with van der Waals surface area (Å²) in [4.78, 5) is 16.5. The number of hydroxylamine groups is 2. The SMILES string of the molecule is CON(C)C(=O)C1COc2cc(F)ccc2O1. The molecule has 0 saturated carbocycles. The minimum atomic E-state index is -0.780. The highest BCUT2D eigenvalue weighted by Gasteiger charge is 2.30. The maximum Gasteiger partial charge on any atom is 0.290 e. The molecule has 1 amide bonds. The average molecular weight is 241 g/mol. The number of hydrogen-bond acceptors (Lipinski definition) is 4. The van der Waals surface area contributed by atoms with E-state index in [-0.39, 0.29) is 12.5 Å². The third-order valence-corrected chi connectivity index (χ3v) is 2.42. The Bertz CT molecular complexity index is 437. The molecule has 0 fully saturated rings. The summed E-state index contributed by atoms with van der Waals surface area (Å²) in [6.07, 6.45) is -0.780. The van der Waals surface area contributed by atoms with E-state index in [0.29, 0.717) is 11.5 Å². The van der Waals surface area contributed by atoms with Crippen molar-refractivity contribution in [3.63, 3.8) is 0 Å². The molecule has 2 rings (SSSR count). The van der Waals surface area contributed by atoms with Gasteiger partial charge in [0.25, 0.3) is 5.91 Å². The molecule has 5 nitrogen and oxygen atoms in total. The molecular weight excluding hydrogens is 229 g/mol. The summed E-state index contributed by atoms with van der Waals surface area (Å²) >= 11 is 0. The van der Waals surface area contributed by atoms with Crippen molar-refractivity contribution in [3.8, 4) is 11.5 Å². The topological polar surface area (TPSA) is 48.0 Å². The van der Waals surface area contributed by atoms with Gasteiger partial charge in [0.1, 0.15) is 12.4 Å². The molecule has 0 radical (unpaired) electrons. The van der Waals surface area contributed by atoms with Crippen LogP contribution in [0.25, 0.3) is 0 Å². The number of nitrogens with zero attached hydrogens (tertiary/aromatic N) is 1. The van der Waals surface area contributed by atoms with Crippen LogP contribution in [-0.4, -0.2) is 37.8 Å². The number of carbonyl (C=O) groups is 1. The van der Waals surface area contributed by atoms with E-state index in [1.165, 1.54) is 32.4 Å². The summed E-state index contributed by atoms with van der Waals surface area (Å²) in [5, 5.41) is 1.06. The van der Waals surface area contributed by atoms with Gasteiger partial charge in [0.05, 0.1) is 7.11 Å². The Morgan fingerprint density at radius 1 is 1.53 bits per heavy atom. The van der Waals surface area contributed by atoms with Crippen LogP contribution in [-0.2, 0) is 9.63 Å². The Kier molecular flexibility index (Phi) is 3.14. The lowest BCUT2D eigenvalue weighted by Crippen LogP contribution is -2.44. The van der Waals surface area contributed by atoms with Crippen LogP contribution in [0.3, 0.4) is 0 Å². The largest absolute Gasteiger partial charge is 0.485 e. The predicted octanol–water partition coefficient (Wildman–Crippen LogP) is 0.985. The predicted molar refractivity (Wildman–Crippen MR) is 56.1 cm³/mol. The van der Waals surface area contributed by atoms with Crippen molar-refractivity contribution in [1.29, 1.82) is 0 Å². The van der Waals surface area contributed by atoms with E-state index in [0.717, 1.165) is 5.06 Å². The number of halogens is 1. The first-order valence-corrected chi connectivity index (χ1v) is 5.02. The van der Waals surface area contributed by atoms with E-state index in [1.54, 1.807) is 0 Å². The Morgan fingerprint density at radius 2 is 2.29 bits per heavy atom. The van der Waals surface area contributed by atoms with Gasteiger partial charge in [-0.2, -0.15) is 0 Å². The summed E-state index contributed by atoms with van der Waals surface area (Å²) in [5.74, 6) is -0.122. The summed E-state index contributed by atoms with van der Waals surface area (Å²) in [6.45, 7) is 0.0307. The van der Waals surface area contributed by atoms with E-state index < -0.39 is 11.9 Å². The zero-order chi connectivity index (χ0) is 12.4. The number of likely N-dealkylation sites (N-methyl/N-ethyl adjacent to an activating group) is 1. The van der Waals surface area contributed by atoms with Gasteiger partial charge in [-0.1, -0.05) is 0 Å². The normalized spacial score (nSPS) is 17.7. The van der Waals surface area contributed by atoms with E-state index in [2.05, 4.69) is 0 Å². The zero-order valence-electron chi connectivity index (χ0n) is 9.47. The van der Waals surface area contributed by atoms with Crippen molar-refractivity contribution in [3.05, 3.63) is 24.0 Å². The molecule has 1 atom stereocenters. The lowest BCUT2D eigenvalue weighted by molar-refractivity contribution is -0.178. The van der Waals surface area contributed by atoms with E-state index in [1.807, 2.05) is 0 Å². The molecule has 0 bridgehead atoms. The van der Waals surface area contributed by atoms with Crippen LogP contribution >= 0.6 is 0 Å². The zero-order valence-corrected chi connectivity index (χ0v) is 9.47. The Balaban J connectivity index is 2.13. The number of benzene rings is 1. The van der Waals surface area contributed by atoms with Crippen LogP contribution in [0.4, 0.5) is 4.39 Å². The van der Waals surface area contributed by atoms with Gasteiger partial charge in [0.15, 0.2) is 11.5 Å². The van der Waals surface area contributed by atoms with Crippen molar-refractivity contribution < 1.29 is 23.5 Å². The second-order valence-electron chi connectivity index (χ2n) is 3.53. The Hall–Kier alpha value is -1.82. The molecule has 0 N–H and O–H groups in total. The van der Waals surface area contributed by atoms with Crippen LogP contribution in [0.1, 0.15) is 0 Å². The van der Waals surface area contributed by atoms with Gasteiger partial charge in [-0.25, -0.2) is 9.45 Å². The first-order chi connectivity index (χ1) is 8.11. The molecule has 0 aliphatic carbocycles. The van der Waals surface area contributed by atoms with Crippen molar-refractivity contribution in [2.24, 2.45) is 0 Å². The molecule has 1 aromatic carbocycles. The van der Waals surface area contributed by atoms with Crippen LogP contribution in [0.2, 0.25) is 0 Å². The molecule has 0 saturated heterocycles. The molecule has 17 heavy (non-hydrogen) atoms. The average Bonchev–Trinajstić information content (AvgIpc) is 2.36. The van der Waals surface area contributed by atoms with Gasteiger partial charge >= 0.3 is 0 Å². The first-order valence-electron chi connectivity index (χ1n) is 5.02. The summed E-state index contributed by atoms with van der Waals surface area (Å²) in [7, 11) is 2.86. The van der Waals surface area contributed by atoms with Crippen molar-refractivity contribution in [2.75, 3.05) is 20.8 Å². The molecule has 0 aromatic heterocycles. The highest BCUT2D eigenvalue weighted by Crippen LogP contribution is 2.32. The fraction of sp³-hybridized carbons (Fsp3) is 0.364. The lowest BCUT2D eigenvalue weighted by Gasteiger charge is -2.27. The number of rotatable bonds is 2. The molecule has 92 valence electrons. The minimum absolute atomic E-state index is 0.0307. The number of fused-ring (bicyclic) bond motifs is 1. The van der Waals surface area contributed by atoms with Crippen LogP contribution in [0, 0.1) is 5.82 Å². The quantitative estimate of drug-likeness (QED) is 0.724. The van der Waals surface area contributed by atoms with Gasteiger partial charge in [0, 0.05) is 13.1 Å². The molecular formula is C11H12FNO4. The minimum Gasteiger partial charge on any atom is -0.485 e. The monoisotopic (exact) mass is 241 g/mol. The summed E-state index contributed by atoms with van der Waals surface area (Å²) in [6, 6.07) is 3.89. The molecule has 1 aromatic rings. The van der Waals surface area contributed by atoms with Gasteiger partial charge in [-0.3, -0.25) is 9.63 Å². The fourth-order valence-electron chi connectivity index (χ4n) is 1.46. The van der Waals surface area contributed by atoms with Crippen LogP contribution in [0.5, 0.6) is 11.5 Å². The standard InChI is InChI=1S/C11H12FNO4/c1-13(15-2)11(14)10-6-16-9-5-7(12)3-4-8(9)17-10/h3-5,10H,6H2,1-2H3. The summed E-state index contributed by atoms with van der Waals surface area (Å²) < 4.78 is 23.6. The third-order valence-electron chi connectivity index (χ3n) is 2.42. The Labute approximate surface area is 97.6 Å². The maximum atomic E-state index is 12.9. The van der Waals surface area contributed by atoms with E-state index >= 15 is 0 Å². The Morgan fingerprint density at radius 3 is 3.00 bits per heavy atom. The van der Waals surface area contributed by atoms with Gasteiger partial charge in [0.2, 0.25) is 6.10 Å². The second-order valence-corrected chi connectivity index (χ2v) is 3.53. The smallest absolute Gasteiger partial charge is 0.290 e. The second kappa shape index (κ2) is 4.58. The van der Waals surface area contributed by atoms with Crippen LogP contribution < -0.4 is 9.47 Å². The number of ether oxygens (including phenoxy) is 2. The van der Waals surface area contributed by atoms with Crippen molar-refractivity contribution in [2.45, 2.75) is 6.10 Å². The van der Waals surface area contributed by atoms with Gasteiger partial charge in [-0.05, 0) is 12.1 Å². The summed E-state index contributed by atoms with van der Waals surface area (Å²) in [5.41, 5.74) is 0. The highest BCUT2D eigenvalue weighted by atomic mass is 19.1. The fourth-order valence-corrected chi connectivity index (χ4v) is 1.46. The highest BCUT2D eigenvalue weighted by molar-refractivity contribution is 5.80. The number of hydrogen-bond donors (Lipinski definition) is 0. The van der Waals surface area contributed by atoms with Crippen molar-refractivity contribution in [1.82, 2.24) is 5.06 Å². The lowest BCUT2D eigenvalue weighted by atomic mass is 10.2. The third kappa shape index (κ3) is 2.31. The van der Waals surface area contributed by atoms with Crippen molar-refractivity contribution >= 4 is 5.91 Å². The molecule has 6 heteroatoms. The number of carbonyl (C=O) groups excluding carboxylic acids is 1. The van der Waals surface area contributed by atoms with Gasteiger partial charge in [-0.15, -0.1) is 0 Å². The first kappa shape index (κ1) is 11.7. The maximum absolute atomic E-state index is 12.9. The van der Waals surface area contributed by atoms with E-state index in [4.69, 9.17) is 14.3 Å². The molecule has 1 aliphatic rings. The van der Waals surface area contributed by atoms with E-state index in [9.17, 15) is 9.18 Å². The van der Waals surface area contributed by atoms with Crippen LogP contribution in [0.15, 0.2) is 18.2 Å². The van der Waals surface area contributed by atoms with Gasteiger partial charge < -0.3 is 9.47 Å².